The van der Waals surface area contributed by atoms with Gasteiger partial charge in [0.05, 0.1) is 22.2 Å². The maximum Gasteiger partial charge on any atom is 0.257 e. The first-order valence-electron chi connectivity index (χ1n) is 8.77. The van der Waals surface area contributed by atoms with E-state index in [9.17, 15) is 23.2 Å². The third-order valence-corrected chi connectivity index (χ3v) is 6.40. The molecule has 0 aliphatic heterocycles. The molecule has 1 aliphatic rings. The average Bonchev–Trinajstić information content (AvgIpc) is 3.36. The van der Waals surface area contributed by atoms with Crippen molar-refractivity contribution >= 4 is 101 Å². The smallest absolute Gasteiger partial charge is 0.257 e. The zero-order valence-corrected chi connectivity index (χ0v) is 21.1. The number of rotatable bonds is 6. The van der Waals surface area contributed by atoms with Crippen LogP contribution in [-0.2, 0) is 9.59 Å². The van der Waals surface area contributed by atoms with Crippen LogP contribution in [0.1, 0.15) is 16.8 Å². The van der Waals surface area contributed by atoms with Crippen molar-refractivity contribution in [1.82, 2.24) is 0 Å². The van der Waals surface area contributed by atoms with Gasteiger partial charge in [-0.15, -0.1) is 23.2 Å². The van der Waals surface area contributed by atoms with Crippen LogP contribution < -0.4 is 16.0 Å². The van der Waals surface area contributed by atoms with E-state index >= 15 is 0 Å². The van der Waals surface area contributed by atoms with Crippen LogP contribution in [0.5, 0.6) is 0 Å². The van der Waals surface area contributed by atoms with Crippen LogP contribution in [0.4, 0.5) is 25.8 Å². The van der Waals surface area contributed by atoms with Crippen LogP contribution >= 0.6 is 66.7 Å². The van der Waals surface area contributed by atoms with Gasteiger partial charge in [0.2, 0.25) is 11.8 Å². The van der Waals surface area contributed by atoms with E-state index < -0.39 is 54.7 Å². The summed E-state index contributed by atoms with van der Waals surface area (Å²) in [6, 6.07) is 5.99. The fourth-order valence-electron chi connectivity index (χ4n) is 2.64. The SMILES string of the molecule is O=C(Nc1ccc(F)c(NC(=O)C(Br)Br)c1F)c1cc(NC(=O)[C@H]2CC2(Cl)Cl)ccc1Cl. The molecule has 13 heteroatoms. The number of nitrogens with one attached hydrogen (secondary N) is 3. The molecule has 170 valence electrons. The van der Waals surface area contributed by atoms with Crippen LogP contribution in [-0.4, -0.2) is 25.8 Å². The van der Waals surface area contributed by atoms with Gasteiger partial charge in [-0.05, 0) is 36.8 Å². The van der Waals surface area contributed by atoms with Gasteiger partial charge in [-0.3, -0.25) is 14.4 Å². The molecule has 2 aromatic rings. The minimum absolute atomic E-state index is 0.0217. The lowest BCUT2D eigenvalue weighted by atomic mass is 10.1. The Morgan fingerprint density at radius 2 is 1.72 bits per heavy atom. The predicted molar refractivity (Wildman–Crippen MR) is 127 cm³/mol. The molecule has 6 nitrogen and oxygen atoms in total. The number of carbonyl (C=O) groups is 3. The van der Waals surface area contributed by atoms with Gasteiger partial charge in [-0.25, -0.2) is 8.78 Å². The van der Waals surface area contributed by atoms with Crippen LogP contribution in [0.2, 0.25) is 5.02 Å². The molecule has 32 heavy (non-hydrogen) atoms. The van der Waals surface area contributed by atoms with E-state index in [1.165, 1.54) is 18.2 Å². The van der Waals surface area contributed by atoms with Gasteiger partial charge in [-0.1, -0.05) is 43.5 Å². The molecule has 0 heterocycles. The van der Waals surface area contributed by atoms with Gasteiger partial charge in [-0.2, -0.15) is 0 Å². The Bertz CT molecular complexity index is 1120. The Labute approximate surface area is 212 Å². The number of alkyl halides is 4. The minimum Gasteiger partial charge on any atom is -0.326 e. The zero-order chi connectivity index (χ0) is 23.8. The number of halogens is 7. The molecule has 1 fully saturated rings. The normalized spacial score (nSPS) is 16.4. The molecule has 1 aliphatic carbocycles. The molecule has 3 amide bonds. The average molecular weight is 634 g/mol. The quantitative estimate of drug-likeness (QED) is 0.338. The number of carbonyl (C=O) groups excluding carboxylic acids is 3. The maximum atomic E-state index is 14.7. The monoisotopic (exact) mass is 631 g/mol. The summed E-state index contributed by atoms with van der Waals surface area (Å²) in [7, 11) is 0. The molecule has 2 aromatic carbocycles. The second kappa shape index (κ2) is 9.80. The van der Waals surface area contributed by atoms with Crippen molar-refractivity contribution in [2.24, 2.45) is 5.92 Å². The third-order valence-electron chi connectivity index (χ3n) is 4.41. The fourth-order valence-corrected chi connectivity index (χ4v) is 3.57. The molecule has 0 spiro atoms. The summed E-state index contributed by atoms with van der Waals surface area (Å²) in [5.41, 5.74) is -0.976. The van der Waals surface area contributed by atoms with Crippen molar-refractivity contribution in [2.45, 2.75) is 14.5 Å². The lowest BCUT2D eigenvalue weighted by Crippen LogP contribution is -2.21. The molecule has 0 radical (unpaired) electrons. The minimum atomic E-state index is -1.19. The van der Waals surface area contributed by atoms with E-state index in [0.29, 0.717) is 6.42 Å². The number of anilines is 3. The molecular formula is C19H12Br2Cl3F2N3O3. The summed E-state index contributed by atoms with van der Waals surface area (Å²) in [6.07, 6.45) is 0.302. The Kier molecular flexibility index (Phi) is 7.71. The molecule has 0 unspecified atom stereocenters. The van der Waals surface area contributed by atoms with Crippen molar-refractivity contribution < 1.29 is 23.2 Å². The molecule has 1 atom stereocenters. The van der Waals surface area contributed by atoms with Crippen LogP contribution in [0.25, 0.3) is 0 Å². The first-order chi connectivity index (χ1) is 14.9. The molecule has 0 saturated heterocycles. The highest BCUT2D eigenvalue weighted by Crippen LogP contribution is 2.53. The standard InChI is InChI=1S/C19H12Br2Cl3F2N3O3/c20-15(21)18(32)29-14-11(25)3-4-12(13(14)26)28-16(30)8-5-7(1-2-10(8)22)27-17(31)9-6-19(9,23)24/h1-5,9,15H,6H2,(H,27,31)(H,28,30)(H,29,32)/t9-/m1/s1. The second-order valence-electron chi connectivity index (χ2n) is 6.73. The predicted octanol–water partition coefficient (Wildman–Crippen LogP) is 6.06. The Morgan fingerprint density at radius 1 is 1.06 bits per heavy atom. The Morgan fingerprint density at radius 3 is 2.31 bits per heavy atom. The summed E-state index contributed by atoms with van der Waals surface area (Å²) in [5.74, 6) is -4.83. The first kappa shape index (κ1) is 25.2. The van der Waals surface area contributed by atoms with Crippen molar-refractivity contribution in [3.05, 3.63) is 52.6 Å². The van der Waals surface area contributed by atoms with Crippen LogP contribution in [0.15, 0.2) is 30.3 Å². The van der Waals surface area contributed by atoms with Crippen molar-refractivity contribution in [2.75, 3.05) is 16.0 Å². The van der Waals surface area contributed by atoms with E-state index in [1.807, 2.05) is 0 Å². The van der Waals surface area contributed by atoms with Crippen LogP contribution in [0.3, 0.4) is 0 Å². The molecule has 1 saturated carbocycles. The third kappa shape index (κ3) is 5.72. The van der Waals surface area contributed by atoms with Crippen molar-refractivity contribution in [3.63, 3.8) is 0 Å². The highest BCUT2D eigenvalue weighted by Gasteiger charge is 2.56. The highest BCUT2D eigenvalue weighted by molar-refractivity contribution is 9.25. The fraction of sp³-hybridized carbons (Fsp3) is 0.211. The van der Waals surface area contributed by atoms with E-state index in [2.05, 4.69) is 47.8 Å². The molecule has 3 rings (SSSR count). The molecular weight excluding hydrogens is 622 g/mol. The lowest BCUT2D eigenvalue weighted by molar-refractivity contribution is -0.117. The topological polar surface area (TPSA) is 87.3 Å². The van der Waals surface area contributed by atoms with Crippen LogP contribution in [0, 0.1) is 17.6 Å². The van der Waals surface area contributed by atoms with E-state index in [-0.39, 0.29) is 16.3 Å². The summed E-state index contributed by atoms with van der Waals surface area (Å²) >= 11 is 23.7. The number of hydrogen-bond acceptors (Lipinski definition) is 3. The number of benzene rings is 2. The van der Waals surface area contributed by atoms with E-state index in [0.717, 1.165) is 12.1 Å². The molecule has 3 N–H and O–H groups in total. The van der Waals surface area contributed by atoms with E-state index in [4.69, 9.17) is 34.8 Å². The van der Waals surface area contributed by atoms with Crippen molar-refractivity contribution in [1.29, 1.82) is 0 Å². The summed E-state index contributed by atoms with van der Waals surface area (Å²) < 4.78 is 26.7. The molecule has 0 aromatic heterocycles. The first-order valence-corrected chi connectivity index (χ1v) is 11.7. The zero-order valence-electron chi connectivity index (χ0n) is 15.6. The molecule has 0 bridgehead atoms. The van der Waals surface area contributed by atoms with Gasteiger partial charge in [0, 0.05) is 5.69 Å². The number of amides is 3. The summed E-state index contributed by atoms with van der Waals surface area (Å²) in [4.78, 5) is 36.6. The maximum absolute atomic E-state index is 14.7. The van der Waals surface area contributed by atoms with E-state index in [1.54, 1.807) is 0 Å². The van der Waals surface area contributed by atoms with Gasteiger partial charge in [0.25, 0.3) is 5.91 Å². The summed E-state index contributed by atoms with van der Waals surface area (Å²) in [5, 5.41) is 6.94. The summed E-state index contributed by atoms with van der Waals surface area (Å²) in [6.45, 7) is 0. The lowest BCUT2D eigenvalue weighted by Gasteiger charge is -2.13. The van der Waals surface area contributed by atoms with Gasteiger partial charge >= 0.3 is 0 Å². The van der Waals surface area contributed by atoms with Gasteiger partial charge in [0.15, 0.2) is 5.82 Å². The Hall–Kier alpha value is -1.46. The highest BCUT2D eigenvalue weighted by atomic mass is 79.9. The number of hydrogen-bond donors (Lipinski definition) is 3. The largest absolute Gasteiger partial charge is 0.326 e. The van der Waals surface area contributed by atoms with Gasteiger partial charge < -0.3 is 16.0 Å². The van der Waals surface area contributed by atoms with Crippen molar-refractivity contribution in [3.8, 4) is 0 Å². The second-order valence-corrected chi connectivity index (χ2v) is 11.7. The van der Waals surface area contributed by atoms with Gasteiger partial charge in [0.1, 0.15) is 19.6 Å². The Balaban J connectivity index is 1.80.